The Morgan fingerprint density at radius 3 is 2.15 bits per heavy atom. The Morgan fingerprint density at radius 2 is 1.65 bits per heavy atom. The van der Waals surface area contributed by atoms with E-state index in [-0.39, 0.29) is 10.8 Å². The maximum atomic E-state index is 10.9. The fraction of sp³-hybridized carbons (Fsp3) is 0.684. The summed E-state index contributed by atoms with van der Waals surface area (Å²) in [6.45, 7) is 11.3. The molecule has 2 rings (SSSR count). The van der Waals surface area contributed by atoms with Crippen molar-refractivity contribution in [1.29, 1.82) is 0 Å². The van der Waals surface area contributed by atoms with Crippen LogP contribution in [0.25, 0.3) is 0 Å². The van der Waals surface area contributed by atoms with Gasteiger partial charge in [0.1, 0.15) is 0 Å². The lowest BCUT2D eigenvalue weighted by atomic mass is 9.68. The van der Waals surface area contributed by atoms with Crippen molar-refractivity contribution in [2.45, 2.75) is 77.7 Å². The van der Waals surface area contributed by atoms with Gasteiger partial charge < -0.3 is 5.11 Å². The monoisotopic (exact) mass is 274 g/mol. The van der Waals surface area contributed by atoms with Crippen LogP contribution in [0, 0.1) is 5.41 Å². The molecule has 1 aliphatic rings. The van der Waals surface area contributed by atoms with Crippen LogP contribution in [0.3, 0.4) is 0 Å². The highest BCUT2D eigenvalue weighted by atomic mass is 16.3. The second kappa shape index (κ2) is 5.18. The van der Waals surface area contributed by atoms with Gasteiger partial charge in [-0.05, 0) is 41.2 Å². The molecule has 0 amide bonds. The quantitative estimate of drug-likeness (QED) is 0.816. The van der Waals surface area contributed by atoms with Crippen molar-refractivity contribution in [2.75, 3.05) is 0 Å². The zero-order chi connectivity index (χ0) is 15.0. The molecule has 1 aromatic rings. The summed E-state index contributed by atoms with van der Waals surface area (Å²) in [5.74, 6) is 0. The van der Waals surface area contributed by atoms with Crippen LogP contribution < -0.4 is 0 Å². The molecule has 1 unspecified atom stereocenters. The highest BCUT2D eigenvalue weighted by Gasteiger charge is 2.38. The molecule has 1 saturated carbocycles. The first-order valence-electron chi connectivity index (χ1n) is 7.92. The molecule has 0 heterocycles. The molecule has 1 fully saturated rings. The van der Waals surface area contributed by atoms with Gasteiger partial charge in [-0.2, -0.15) is 0 Å². The van der Waals surface area contributed by atoms with Gasteiger partial charge in [-0.1, -0.05) is 65.3 Å². The Morgan fingerprint density at radius 1 is 1.05 bits per heavy atom. The molecule has 1 heteroatoms. The third kappa shape index (κ3) is 3.85. The van der Waals surface area contributed by atoms with Gasteiger partial charge in [0.15, 0.2) is 0 Å². The molecule has 0 radical (unpaired) electrons. The summed E-state index contributed by atoms with van der Waals surface area (Å²) in [7, 11) is 0. The maximum Gasteiger partial charge on any atom is 0.0693 e. The van der Waals surface area contributed by atoms with Gasteiger partial charge in [0.25, 0.3) is 0 Å². The van der Waals surface area contributed by atoms with Crippen LogP contribution >= 0.6 is 0 Å². The van der Waals surface area contributed by atoms with Crippen molar-refractivity contribution in [3.05, 3.63) is 35.4 Å². The summed E-state index contributed by atoms with van der Waals surface area (Å²) >= 11 is 0. The molecule has 1 N–H and O–H groups in total. The molecule has 0 saturated heterocycles. The molecule has 0 bridgehead atoms. The second-order valence-corrected chi connectivity index (χ2v) is 8.54. The fourth-order valence-electron chi connectivity index (χ4n) is 3.62. The average molecular weight is 274 g/mol. The predicted octanol–water partition coefficient (Wildman–Crippen LogP) is 4.86. The highest BCUT2D eigenvalue weighted by molar-refractivity contribution is 5.28. The summed E-state index contributed by atoms with van der Waals surface area (Å²) in [4.78, 5) is 0. The molecule has 112 valence electrons. The van der Waals surface area contributed by atoms with Crippen molar-refractivity contribution in [1.82, 2.24) is 0 Å². The predicted molar refractivity (Wildman–Crippen MR) is 86.0 cm³/mol. The smallest absolute Gasteiger partial charge is 0.0693 e. The molecule has 1 atom stereocenters. The lowest BCUT2D eigenvalue weighted by Crippen LogP contribution is -2.40. The molecule has 1 aromatic carbocycles. The van der Waals surface area contributed by atoms with Crippen molar-refractivity contribution in [3.8, 4) is 0 Å². The second-order valence-electron chi connectivity index (χ2n) is 8.54. The lowest BCUT2D eigenvalue weighted by molar-refractivity contribution is -0.0382. The summed E-state index contributed by atoms with van der Waals surface area (Å²) in [6, 6.07) is 8.82. The minimum Gasteiger partial charge on any atom is -0.390 e. The van der Waals surface area contributed by atoms with E-state index < -0.39 is 5.60 Å². The van der Waals surface area contributed by atoms with E-state index in [4.69, 9.17) is 0 Å². The van der Waals surface area contributed by atoms with Gasteiger partial charge >= 0.3 is 0 Å². The van der Waals surface area contributed by atoms with E-state index in [0.717, 1.165) is 25.7 Å². The van der Waals surface area contributed by atoms with E-state index >= 15 is 0 Å². The minimum absolute atomic E-state index is 0.197. The molecule has 1 nitrogen and oxygen atoms in total. The van der Waals surface area contributed by atoms with E-state index in [0.29, 0.717) is 0 Å². The topological polar surface area (TPSA) is 20.2 Å². The summed E-state index contributed by atoms with van der Waals surface area (Å²) in [6.07, 6.45) is 5.03. The first-order chi connectivity index (χ1) is 9.10. The maximum absolute atomic E-state index is 10.9. The number of benzene rings is 1. The fourth-order valence-corrected chi connectivity index (χ4v) is 3.62. The van der Waals surface area contributed by atoms with E-state index in [1.54, 1.807) is 0 Å². The van der Waals surface area contributed by atoms with Crippen molar-refractivity contribution in [2.24, 2.45) is 5.41 Å². The van der Waals surface area contributed by atoms with E-state index in [9.17, 15) is 5.11 Å². The van der Waals surface area contributed by atoms with Crippen molar-refractivity contribution >= 4 is 0 Å². The SMILES string of the molecule is CC1(C)CCCC(O)(Cc2ccc(C(C)(C)C)cc2)C1. The molecule has 0 aromatic heterocycles. The van der Waals surface area contributed by atoms with E-state index in [1.807, 2.05) is 0 Å². The Kier molecular flexibility index (Phi) is 4.03. The first-order valence-corrected chi connectivity index (χ1v) is 7.92. The van der Waals surface area contributed by atoms with Crippen molar-refractivity contribution in [3.63, 3.8) is 0 Å². The number of hydrogen-bond acceptors (Lipinski definition) is 1. The molecule has 0 spiro atoms. The highest BCUT2D eigenvalue weighted by Crippen LogP contribution is 2.42. The standard InChI is InChI=1S/C19H30O/c1-17(2,3)16-9-7-15(8-10-16)13-19(20)12-6-11-18(4,5)14-19/h7-10,20H,6,11-14H2,1-5H3. The largest absolute Gasteiger partial charge is 0.390 e. The van der Waals surface area contributed by atoms with Crippen LogP contribution in [0.1, 0.15) is 71.4 Å². The van der Waals surface area contributed by atoms with Crippen LogP contribution in [0.5, 0.6) is 0 Å². The van der Waals surface area contributed by atoms with Gasteiger partial charge in [0.2, 0.25) is 0 Å². The molecule has 1 aliphatic carbocycles. The summed E-state index contributed by atoms with van der Waals surface area (Å²) < 4.78 is 0. The molecular weight excluding hydrogens is 244 g/mol. The Hall–Kier alpha value is -0.820. The molecule has 20 heavy (non-hydrogen) atoms. The lowest BCUT2D eigenvalue weighted by Gasteiger charge is -2.41. The summed E-state index contributed by atoms with van der Waals surface area (Å²) in [5, 5.41) is 10.9. The third-order valence-corrected chi connectivity index (χ3v) is 4.66. The summed E-state index contributed by atoms with van der Waals surface area (Å²) in [5.41, 5.74) is 2.58. The van der Waals surface area contributed by atoms with Crippen molar-refractivity contribution < 1.29 is 5.11 Å². The molecular formula is C19H30O. The Labute approximate surface area is 124 Å². The van der Waals surface area contributed by atoms with Crippen LogP contribution in [-0.4, -0.2) is 10.7 Å². The number of aliphatic hydroxyl groups is 1. The van der Waals surface area contributed by atoms with Gasteiger partial charge in [-0.3, -0.25) is 0 Å². The van der Waals surface area contributed by atoms with Gasteiger partial charge in [0.05, 0.1) is 5.60 Å². The minimum atomic E-state index is -0.509. The van der Waals surface area contributed by atoms with Crippen LogP contribution in [-0.2, 0) is 11.8 Å². The zero-order valence-corrected chi connectivity index (χ0v) is 13.8. The zero-order valence-electron chi connectivity index (χ0n) is 13.8. The average Bonchev–Trinajstić information content (AvgIpc) is 2.25. The normalized spacial score (nSPS) is 26.5. The van der Waals surface area contributed by atoms with E-state index in [1.165, 1.54) is 17.5 Å². The van der Waals surface area contributed by atoms with Crippen LogP contribution in [0.2, 0.25) is 0 Å². The van der Waals surface area contributed by atoms with Gasteiger partial charge in [0, 0.05) is 6.42 Å². The van der Waals surface area contributed by atoms with Crippen LogP contribution in [0.15, 0.2) is 24.3 Å². The molecule has 0 aliphatic heterocycles. The van der Waals surface area contributed by atoms with Crippen LogP contribution in [0.4, 0.5) is 0 Å². The Bertz CT molecular complexity index is 450. The number of rotatable bonds is 2. The number of hydrogen-bond donors (Lipinski definition) is 1. The third-order valence-electron chi connectivity index (χ3n) is 4.66. The van der Waals surface area contributed by atoms with Gasteiger partial charge in [-0.25, -0.2) is 0 Å². The van der Waals surface area contributed by atoms with Gasteiger partial charge in [-0.15, -0.1) is 0 Å². The first kappa shape index (κ1) is 15.6. The van der Waals surface area contributed by atoms with E-state index in [2.05, 4.69) is 58.9 Å². The Balaban J connectivity index is 2.10.